The topological polar surface area (TPSA) is 163 Å². The van der Waals surface area contributed by atoms with E-state index >= 15 is 0 Å². The first-order valence-electron chi connectivity index (χ1n) is 11.4. The standard InChI is InChI=1S/C25H30N6O3/c1-13(2)31-24(34)29-23(30-31)25(12-14(3)26)19-8-6-17(21(27)32)10-15(19)4-5-16-11-18(22(28)33)7-9-20(16)25/h6-11,13-14H,4-5,12,26H2,1-3H3,(H2,27,32)(H2,28,33)(H,29,30,34)/t14-/m1/s1. The molecule has 0 saturated heterocycles. The number of amides is 2. The van der Waals surface area contributed by atoms with Gasteiger partial charge in [-0.15, -0.1) is 0 Å². The first kappa shape index (κ1) is 23.4. The second-order valence-corrected chi connectivity index (χ2v) is 9.38. The lowest BCUT2D eigenvalue weighted by atomic mass is 9.68. The van der Waals surface area contributed by atoms with Gasteiger partial charge in [0, 0.05) is 17.2 Å². The molecular formula is C25H30N6O3. The number of carbonyl (C=O) groups is 2. The number of hydrogen-bond acceptors (Lipinski definition) is 5. The molecular weight excluding hydrogens is 432 g/mol. The van der Waals surface area contributed by atoms with Crippen LogP contribution in [-0.4, -0.2) is 32.6 Å². The smallest absolute Gasteiger partial charge is 0.343 e. The zero-order valence-corrected chi connectivity index (χ0v) is 19.6. The predicted molar refractivity (Wildman–Crippen MR) is 129 cm³/mol. The third-order valence-corrected chi connectivity index (χ3v) is 6.53. The second kappa shape index (κ2) is 8.57. The maximum Gasteiger partial charge on any atom is 0.343 e. The number of primary amides is 2. The van der Waals surface area contributed by atoms with Crippen LogP contribution in [0.25, 0.3) is 0 Å². The Morgan fingerprint density at radius 2 is 1.50 bits per heavy atom. The molecule has 1 aliphatic rings. The molecule has 4 rings (SSSR count). The number of aromatic amines is 1. The van der Waals surface area contributed by atoms with E-state index in [0.29, 0.717) is 36.2 Å². The molecule has 1 aromatic heterocycles. The fraction of sp³-hybridized carbons (Fsp3) is 0.360. The van der Waals surface area contributed by atoms with Crippen molar-refractivity contribution in [3.05, 3.63) is 86.1 Å². The molecule has 2 aromatic carbocycles. The van der Waals surface area contributed by atoms with Gasteiger partial charge in [0.15, 0.2) is 0 Å². The summed E-state index contributed by atoms with van der Waals surface area (Å²) in [6, 6.07) is 10.3. The number of nitrogens with zero attached hydrogens (tertiary/aromatic N) is 2. The van der Waals surface area contributed by atoms with Crippen molar-refractivity contribution in [2.75, 3.05) is 0 Å². The van der Waals surface area contributed by atoms with E-state index in [1.807, 2.05) is 32.9 Å². The molecule has 0 unspecified atom stereocenters. The Hall–Kier alpha value is -3.72. The third kappa shape index (κ3) is 3.81. The van der Waals surface area contributed by atoms with Crippen molar-refractivity contribution in [1.29, 1.82) is 0 Å². The molecule has 34 heavy (non-hydrogen) atoms. The van der Waals surface area contributed by atoms with E-state index in [1.165, 1.54) is 4.68 Å². The van der Waals surface area contributed by atoms with Crippen molar-refractivity contribution in [2.24, 2.45) is 17.2 Å². The first-order valence-corrected chi connectivity index (χ1v) is 11.4. The minimum absolute atomic E-state index is 0.149. The maximum absolute atomic E-state index is 12.8. The van der Waals surface area contributed by atoms with Crippen molar-refractivity contribution in [1.82, 2.24) is 14.8 Å². The Bertz CT molecular complexity index is 1270. The minimum atomic E-state index is -0.916. The summed E-state index contributed by atoms with van der Waals surface area (Å²) in [7, 11) is 0. The number of aromatic nitrogens is 3. The molecule has 0 aliphatic heterocycles. The number of carbonyl (C=O) groups excluding carboxylic acids is 2. The van der Waals surface area contributed by atoms with Gasteiger partial charge in [-0.05, 0) is 86.6 Å². The van der Waals surface area contributed by atoms with Gasteiger partial charge in [0.1, 0.15) is 5.82 Å². The van der Waals surface area contributed by atoms with E-state index in [-0.39, 0.29) is 17.8 Å². The number of benzene rings is 2. The molecule has 9 nitrogen and oxygen atoms in total. The van der Waals surface area contributed by atoms with Gasteiger partial charge in [0.25, 0.3) is 0 Å². The van der Waals surface area contributed by atoms with Crippen LogP contribution in [0.5, 0.6) is 0 Å². The zero-order chi connectivity index (χ0) is 24.8. The average molecular weight is 463 g/mol. The fourth-order valence-electron chi connectivity index (χ4n) is 5.09. The van der Waals surface area contributed by atoms with Gasteiger partial charge < -0.3 is 17.2 Å². The molecule has 0 bridgehead atoms. The van der Waals surface area contributed by atoms with Crippen molar-refractivity contribution < 1.29 is 9.59 Å². The van der Waals surface area contributed by atoms with Crippen LogP contribution >= 0.6 is 0 Å². The Morgan fingerprint density at radius 3 is 1.88 bits per heavy atom. The molecule has 1 atom stereocenters. The van der Waals surface area contributed by atoms with E-state index in [1.54, 1.807) is 24.3 Å². The normalized spacial score (nSPS) is 15.3. The molecule has 3 aromatic rings. The average Bonchev–Trinajstić information content (AvgIpc) is 3.11. The summed E-state index contributed by atoms with van der Waals surface area (Å²) in [6.45, 7) is 5.67. The highest BCUT2D eigenvalue weighted by atomic mass is 16.2. The summed E-state index contributed by atoms with van der Waals surface area (Å²) >= 11 is 0. The van der Waals surface area contributed by atoms with E-state index in [2.05, 4.69) is 4.98 Å². The summed E-state index contributed by atoms with van der Waals surface area (Å²) < 4.78 is 1.41. The molecule has 0 spiro atoms. The number of H-pyrrole nitrogens is 1. The highest BCUT2D eigenvalue weighted by Crippen LogP contribution is 2.46. The largest absolute Gasteiger partial charge is 0.366 e. The molecule has 2 amide bonds. The summed E-state index contributed by atoms with van der Waals surface area (Å²) in [5, 5.41) is 4.72. The minimum Gasteiger partial charge on any atom is -0.366 e. The Balaban J connectivity index is 2.12. The van der Waals surface area contributed by atoms with Crippen molar-refractivity contribution >= 4 is 11.8 Å². The molecule has 1 aliphatic carbocycles. The quantitative estimate of drug-likeness (QED) is 0.436. The number of fused-ring (bicyclic) bond motifs is 2. The number of hydrogen-bond donors (Lipinski definition) is 4. The van der Waals surface area contributed by atoms with E-state index < -0.39 is 17.2 Å². The number of nitrogens with one attached hydrogen (secondary N) is 1. The Kier molecular flexibility index (Phi) is 5.91. The number of aryl methyl sites for hydroxylation is 2. The van der Waals surface area contributed by atoms with Crippen LogP contribution in [0.15, 0.2) is 41.2 Å². The van der Waals surface area contributed by atoms with Gasteiger partial charge in [-0.1, -0.05) is 12.1 Å². The highest BCUT2D eigenvalue weighted by Gasteiger charge is 2.45. The van der Waals surface area contributed by atoms with Crippen molar-refractivity contribution in [3.8, 4) is 0 Å². The fourth-order valence-corrected chi connectivity index (χ4v) is 5.09. The molecule has 0 radical (unpaired) electrons. The monoisotopic (exact) mass is 462 g/mol. The molecule has 7 N–H and O–H groups in total. The van der Waals surface area contributed by atoms with Gasteiger partial charge >= 0.3 is 5.69 Å². The van der Waals surface area contributed by atoms with Crippen LogP contribution in [0.2, 0.25) is 0 Å². The summed E-state index contributed by atoms with van der Waals surface area (Å²) in [5.74, 6) is -0.571. The van der Waals surface area contributed by atoms with E-state index in [9.17, 15) is 14.4 Å². The van der Waals surface area contributed by atoms with Gasteiger partial charge in [-0.3, -0.25) is 14.6 Å². The lowest BCUT2D eigenvalue weighted by Crippen LogP contribution is -2.38. The van der Waals surface area contributed by atoms with Crippen LogP contribution in [0.4, 0.5) is 0 Å². The lowest BCUT2D eigenvalue weighted by molar-refractivity contribution is 0.0991. The predicted octanol–water partition coefficient (Wildman–Crippen LogP) is 1.52. The van der Waals surface area contributed by atoms with Gasteiger partial charge in [-0.25, -0.2) is 9.48 Å². The highest BCUT2D eigenvalue weighted by molar-refractivity contribution is 5.94. The van der Waals surface area contributed by atoms with Gasteiger partial charge in [-0.2, -0.15) is 5.10 Å². The van der Waals surface area contributed by atoms with E-state index in [4.69, 9.17) is 22.3 Å². The number of nitrogens with two attached hydrogens (primary N) is 3. The van der Waals surface area contributed by atoms with Crippen LogP contribution in [0.1, 0.15) is 82.0 Å². The maximum atomic E-state index is 12.8. The SMILES string of the molecule is CC(C)n1nc(C2(C[C@@H](C)N)c3ccc(C(N)=O)cc3CCc3cc(C(N)=O)ccc32)[nH]c1=O. The zero-order valence-electron chi connectivity index (χ0n) is 19.6. The number of rotatable bonds is 6. The summed E-state index contributed by atoms with van der Waals surface area (Å²) in [5.41, 5.74) is 20.7. The van der Waals surface area contributed by atoms with Crippen LogP contribution in [-0.2, 0) is 18.3 Å². The Morgan fingerprint density at radius 1 is 1.00 bits per heavy atom. The molecule has 178 valence electrons. The van der Waals surface area contributed by atoms with Crippen LogP contribution in [0.3, 0.4) is 0 Å². The summed E-state index contributed by atoms with van der Waals surface area (Å²) in [6.07, 6.45) is 1.63. The van der Waals surface area contributed by atoms with Crippen LogP contribution in [0, 0.1) is 0 Å². The molecule has 0 fully saturated rings. The van der Waals surface area contributed by atoms with E-state index in [0.717, 1.165) is 22.3 Å². The molecule has 1 heterocycles. The van der Waals surface area contributed by atoms with Crippen molar-refractivity contribution in [3.63, 3.8) is 0 Å². The molecule has 9 heteroatoms. The van der Waals surface area contributed by atoms with Gasteiger partial charge in [0.2, 0.25) is 11.8 Å². The Labute approximate surface area is 197 Å². The second-order valence-electron chi connectivity index (χ2n) is 9.38. The van der Waals surface area contributed by atoms with Crippen molar-refractivity contribution in [2.45, 2.75) is 57.5 Å². The first-order chi connectivity index (χ1) is 16.0. The third-order valence-electron chi connectivity index (χ3n) is 6.53. The van der Waals surface area contributed by atoms with Gasteiger partial charge in [0.05, 0.1) is 11.5 Å². The lowest BCUT2D eigenvalue weighted by Gasteiger charge is -2.36. The van der Waals surface area contributed by atoms with Crippen LogP contribution < -0.4 is 22.9 Å². The molecule has 0 saturated carbocycles. The summed E-state index contributed by atoms with van der Waals surface area (Å²) in [4.78, 5) is 39.7.